The summed E-state index contributed by atoms with van der Waals surface area (Å²) in [5, 5.41) is 12.9. The van der Waals surface area contributed by atoms with Gasteiger partial charge in [-0.25, -0.2) is 0 Å². The minimum absolute atomic E-state index is 0.0322. The maximum absolute atomic E-state index is 11.6. The molecule has 0 aromatic rings. The Labute approximate surface area is 93.3 Å². The van der Waals surface area contributed by atoms with Gasteiger partial charge in [0.15, 0.2) is 5.78 Å². The third-order valence-corrected chi connectivity index (χ3v) is 2.11. The lowest BCUT2D eigenvalue weighted by molar-refractivity contribution is -0.135. The van der Waals surface area contributed by atoms with E-state index in [1.54, 1.807) is 0 Å². The van der Waals surface area contributed by atoms with Crippen molar-refractivity contribution in [2.24, 2.45) is 5.41 Å². The highest BCUT2D eigenvalue weighted by Gasteiger charge is 2.27. The standard InChI is InChI=1S/C12H25NO2/c1-11(2,3)10(15)9(14)7-8-13-12(4,5)6/h9,13-14H,7-8H2,1-6H3. The van der Waals surface area contributed by atoms with E-state index in [0.29, 0.717) is 13.0 Å². The normalized spacial score (nSPS) is 15.1. The van der Waals surface area contributed by atoms with Crippen LogP contribution in [0.1, 0.15) is 48.0 Å². The lowest BCUT2D eigenvalue weighted by Gasteiger charge is -2.24. The van der Waals surface area contributed by atoms with Crippen molar-refractivity contribution in [3.05, 3.63) is 0 Å². The molecule has 1 unspecified atom stereocenters. The van der Waals surface area contributed by atoms with E-state index in [1.165, 1.54) is 0 Å². The van der Waals surface area contributed by atoms with Crippen molar-refractivity contribution >= 4 is 5.78 Å². The van der Waals surface area contributed by atoms with Crippen molar-refractivity contribution in [1.82, 2.24) is 5.32 Å². The van der Waals surface area contributed by atoms with Gasteiger partial charge in [-0.3, -0.25) is 4.79 Å². The zero-order valence-corrected chi connectivity index (χ0v) is 10.8. The monoisotopic (exact) mass is 215 g/mol. The minimum atomic E-state index is -0.847. The quantitative estimate of drug-likeness (QED) is 0.751. The first-order valence-corrected chi connectivity index (χ1v) is 5.51. The van der Waals surface area contributed by atoms with E-state index < -0.39 is 11.5 Å². The zero-order valence-electron chi connectivity index (χ0n) is 10.8. The van der Waals surface area contributed by atoms with Crippen molar-refractivity contribution in [2.75, 3.05) is 6.54 Å². The van der Waals surface area contributed by atoms with Gasteiger partial charge in [-0.1, -0.05) is 20.8 Å². The summed E-state index contributed by atoms with van der Waals surface area (Å²) < 4.78 is 0. The Morgan fingerprint density at radius 1 is 1.20 bits per heavy atom. The molecule has 0 aromatic heterocycles. The summed E-state index contributed by atoms with van der Waals surface area (Å²) in [5.74, 6) is -0.0850. The number of aliphatic hydroxyl groups is 1. The molecule has 0 bridgehead atoms. The number of hydrogen-bond donors (Lipinski definition) is 2. The van der Waals surface area contributed by atoms with E-state index in [9.17, 15) is 9.90 Å². The first-order valence-electron chi connectivity index (χ1n) is 5.51. The van der Waals surface area contributed by atoms with E-state index >= 15 is 0 Å². The minimum Gasteiger partial charge on any atom is -0.385 e. The van der Waals surface area contributed by atoms with Crippen LogP contribution in [0, 0.1) is 5.41 Å². The molecule has 0 saturated carbocycles. The molecule has 0 aliphatic carbocycles. The molecule has 0 aromatic carbocycles. The van der Waals surface area contributed by atoms with Crippen LogP contribution in [0.25, 0.3) is 0 Å². The molecule has 90 valence electrons. The molecule has 0 aliphatic heterocycles. The van der Waals surface area contributed by atoms with Crippen LogP contribution in [-0.4, -0.2) is 29.1 Å². The molecule has 0 heterocycles. The van der Waals surface area contributed by atoms with Crippen LogP contribution in [0.2, 0.25) is 0 Å². The van der Waals surface area contributed by atoms with Crippen molar-refractivity contribution in [1.29, 1.82) is 0 Å². The van der Waals surface area contributed by atoms with Gasteiger partial charge in [0.25, 0.3) is 0 Å². The molecule has 0 spiro atoms. The number of Topliss-reactive ketones (excluding diaryl/α,β-unsaturated/α-hetero) is 1. The predicted octanol–water partition coefficient (Wildman–Crippen LogP) is 1.74. The molecular weight excluding hydrogens is 190 g/mol. The molecule has 15 heavy (non-hydrogen) atoms. The average Bonchev–Trinajstić information content (AvgIpc) is 1.98. The number of aliphatic hydroxyl groups excluding tert-OH is 1. The first kappa shape index (κ1) is 14.6. The number of nitrogens with one attached hydrogen (secondary N) is 1. The number of rotatable bonds is 4. The number of ketones is 1. The lowest BCUT2D eigenvalue weighted by atomic mass is 9.86. The Morgan fingerprint density at radius 3 is 2.00 bits per heavy atom. The summed E-state index contributed by atoms with van der Waals surface area (Å²) in [7, 11) is 0. The predicted molar refractivity (Wildman–Crippen MR) is 62.8 cm³/mol. The third-order valence-electron chi connectivity index (χ3n) is 2.11. The van der Waals surface area contributed by atoms with E-state index in [4.69, 9.17) is 0 Å². The van der Waals surface area contributed by atoms with Crippen LogP contribution in [-0.2, 0) is 4.79 Å². The summed E-state index contributed by atoms with van der Waals surface area (Å²) in [5.41, 5.74) is -0.425. The number of carbonyl (C=O) groups excluding carboxylic acids is 1. The van der Waals surface area contributed by atoms with Gasteiger partial charge in [-0.05, 0) is 33.7 Å². The fourth-order valence-electron chi connectivity index (χ4n) is 1.21. The highest BCUT2D eigenvalue weighted by Crippen LogP contribution is 2.18. The van der Waals surface area contributed by atoms with Crippen molar-refractivity contribution in [3.63, 3.8) is 0 Å². The molecular formula is C12H25NO2. The summed E-state index contributed by atoms with van der Waals surface area (Å²) in [6.07, 6.45) is -0.368. The Morgan fingerprint density at radius 2 is 1.67 bits per heavy atom. The number of hydrogen-bond acceptors (Lipinski definition) is 3. The summed E-state index contributed by atoms with van der Waals surface area (Å²) in [4.78, 5) is 11.6. The molecule has 3 heteroatoms. The van der Waals surface area contributed by atoms with Crippen LogP contribution >= 0.6 is 0 Å². The fraction of sp³-hybridized carbons (Fsp3) is 0.917. The first-order chi connectivity index (χ1) is 6.54. The van der Waals surface area contributed by atoms with E-state index in [1.807, 2.05) is 20.8 Å². The lowest BCUT2D eigenvalue weighted by Crippen LogP contribution is -2.40. The maximum atomic E-state index is 11.6. The van der Waals surface area contributed by atoms with Crippen LogP contribution in [0.4, 0.5) is 0 Å². The summed E-state index contributed by atoms with van der Waals surface area (Å²) in [6.45, 7) is 12.3. The Balaban J connectivity index is 3.96. The fourth-order valence-corrected chi connectivity index (χ4v) is 1.21. The van der Waals surface area contributed by atoms with Crippen molar-refractivity contribution < 1.29 is 9.90 Å². The molecule has 0 fully saturated rings. The molecule has 0 saturated heterocycles. The van der Waals surface area contributed by atoms with Gasteiger partial charge in [0.05, 0.1) is 0 Å². The van der Waals surface area contributed by atoms with Gasteiger partial charge in [-0.15, -0.1) is 0 Å². The molecule has 0 radical (unpaired) electrons. The second kappa shape index (κ2) is 5.08. The smallest absolute Gasteiger partial charge is 0.166 e. The molecule has 2 N–H and O–H groups in total. The Kier molecular flexibility index (Phi) is 4.94. The number of carbonyl (C=O) groups is 1. The van der Waals surface area contributed by atoms with E-state index in [2.05, 4.69) is 26.1 Å². The van der Waals surface area contributed by atoms with Gasteiger partial charge < -0.3 is 10.4 Å². The third kappa shape index (κ3) is 6.63. The van der Waals surface area contributed by atoms with Crippen molar-refractivity contribution in [3.8, 4) is 0 Å². The van der Waals surface area contributed by atoms with Gasteiger partial charge in [0.2, 0.25) is 0 Å². The van der Waals surface area contributed by atoms with E-state index in [-0.39, 0.29) is 11.3 Å². The van der Waals surface area contributed by atoms with Crippen LogP contribution in [0.5, 0.6) is 0 Å². The highest BCUT2D eigenvalue weighted by molar-refractivity contribution is 5.87. The van der Waals surface area contributed by atoms with Gasteiger partial charge in [0.1, 0.15) is 6.10 Å². The molecule has 1 atom stereocenters. The molecule has 0 rings (SSSR count). The maximum Gasteiger partial charge on any atom is 0.166 e. The summed E-state index contributed by atoms with van der Waals surface area (Å²) >= 11 is 0. The summed E-state index contributed by atoms with van der Waals surface area (Å²) in [6, 6.07) is 0. The van der Waals surface area contributed by atoms with Crippen LogP contribution in [0.3, 0.4) is 0 Å². The SMILES string of the molecule is CC(C)(C)NCCC(O)C(=O)C(C)(C)C. The molecule has 0 amide bonds. The Bertz CT molecular complexity index is 211. The van der Waals surface area contributed by atoms with Crippen LogP contribution < -0.4 is 5.32 Å². The van der Waals surface area contributed by atoms with Gasteiger partial charge in [-0.2, -0.15) is 0 Å². The zero-order chi connectivity index (χ0) is 12.3. The highest BCUT2D eigenvalue weighted by atomic mass is 16.3. The van der Waals surface area contributed by atoms with Gasteiger partial charge in [0, 0.05) is 11.0 Å². The second-order valence-electron chi connectivity index (χ2n) is 6.10. The average molecular weight is 215 g/mol. The largest absolute Gasteiger partial charge is 0.385 e. The van der Waals surface area contributed by atoms with E-state index in [0.717, 1.165) is 0 Å². The molecule has 3 nitrogen and oxygen atoms in total. The van der Waals surface area contributed by atoms with Crippen molar-refractivity contribution in [2.45, 2.75) is 59.6 Å². The van der Waals surface area contributed by atoms with Crippen LogP contribution in [0.15, 0.2) is 0 Å². The second-order valence-corrected chi connectivity index (χ2v) is 6.10. The van der Waals surface area contributed by atoms with Gasteiger partial charge >= 0.3 is 0 Å². The topological polar surface area (TPSA) is 49.3 Å². The molecule has 0 aliphatic rings. The Hall–Kier alpha value is -0.410.